The van der Waals surface area contributed by atoms with Gasteiger partial charge in [0.2, 0.25) is 5.91 Å². The second kappa shape index (κ2) is 11.0. The number of esters is 1. The fraction of sp³-hybridized carbons (Fsp3) is 0.500. The van der Waals surface area contributed by atoms with E-state index in [2.05, 4.69) is 16.1 Å². The van der Waals surface area contributed by atoms with Crippen LogP contribution in [0.2, 0.25) is 0 Å². The number of aromatic nitrogens is 1. The van der Waals surface area contributed by atoms with Crippen LogP contribution in [0.25, 0.3) is 17.0 Å². The number of fused-ring (bicyclic) bond motifs is 4. The lowest BCUT2D eigenvalue weighted by Crippen LogP contribution is -2.61. The molecule has 0 spiro atoms. The highest BCUT2D eigenvalue weighted by molar-refractivity contribution is 5.92. The Hall–Kier alpha value is -3.79. The van der Waals surface area contributed by atoms with Crippen molar-refractivity contribution in [2.45, 2.75) is 77.6 Å². The summed E-state index contributed by atoms with van der Waals surface area (Å²) >= 11 is 0. The summed E-state index contributed by atoms with van der Waals surface area (Å²) in [5.74, 6) is -1.66. The van der Waals surface area contributed by atoms with E-state index in [0.29, 0.717) is 25.1 Å². The first-order chi connectivity index (χ1) is 19.0. The lowest BCUT2D eigenvalue weighted by atomic mass is 9.92. The van der Waals surface area contributed by atoms with Crippen LogP contribution in [0.5, 0.6) is 0 Å². The number of carbonyl (C=O) groups is 4. The van der Waals surface area contributed by atoms with Crippen LogP contribution in [-0.2, 0) is 23.9 Å². The fourth-order valence-electron chi connectivity index (χ4n) is 5.01. The Morgan fingerprint density at radius 1 is 0.950 bits per heavy atom. The summed E-state index contributed by atoms with van der Waals surface area (Å²) in [7, 11) is 0. The van der Waals surface area contributed by atoms with Crippen molar-refractivity contribution in [2.24, 2.45) is 11.3 Å². The summed E-state index contributed by atoms with van der Waals surface area (Å²) < 4.78 is 5.76. The maximum atomic E-state index is 13.2. The van der Waals surface area contributed by atoms with Gasteiger partial charge in [0.05, 0.1) is 22.7 Å². The summed E-state index contributed by atoms with van der Waals surface area (Å²) in [6, 6.07) is 7.87. The Morgan fingerprint density at radius 2 is 1.68 bits per heavy atom. The molecule has 2 aliphatic heterocycles. The van der Waals surface area contributed by atoms with E-state index in [1.165, 1.54) is 5.01 Å². The molecule has 40 heavy (non-hydrogen) atoms. The molecular weight excluding hydrogens is 510 g/mol. The van der Waals surface area contributed by atoms with Gasteiger partial charge in [-0.05, 0) is 71.1 Å². The number of amides is 3. The molecule has 1 saturated carbocycles. The second-order valence-corrected chi connectivity index (χ2v) is 11.7. The summed E-state index contributed by atoms with van der Waals surface area (Å²) in [6.07, 6.45) is 5.39. The van der Waals surface area contributed by atoms with Crippen molar-refractivity contribution in [3.05, 3.63) is 47.7 Å². The smallest absolute Gasteiger partial charge is 0.316 e. The molecule has 1 saturated heterocycles. The number of benzene rings is 1. The van der Waals surface area contributed by atoms with Crippen LogP contribution in [-0.4, -0.2) is 58.4 Å². The van der Waals surface area contributed by atoms with E-state index in [1.54, 1.807) is 26.8 Å². The SMILES string of the molecule is C[C@@H]1NC(=O)[C@@H](C2CC2)OC(=O)C(C)(C)/C=C\c2ccc3ccc(nc3c2)[C@@H](C)NC(=O)[C@@H]2CCCN(N2)C1=O. The number of hydrogen-bond donors (Lipinski definition) is 3. The standard InChI is InChI=1S/C30H37N5O5/c1-17-22-12-11-20-8-7-19(16-24(20)33-22)13-14-30(3,4)29(39)40-25(21-9-10-21)27(37)32-18(2)28(38)35-15-5-6-23(34-35)26(36)31-17/h7-8,11-14,16-18,21,23,25,34H,5-6,9-10,15H2,1-4H3,(H,31,36)(H,32,37)/b14-13-/t17-,18+,23+,25-/m1/s1. The average molecular weight is 548 g/mol. The molecular formula is C30H37N5O5. The van der Waals surface area contributed by atoms with E-state index in [9.17, 15) is 19.2 Å². The lowest BCUT2D eigenvalue weighted by Gasteiger charge is -2.35. The molecule has 10 heteroatoms. The van der Waals surface area contributed by atoms with Gasteiger partial charge in [0.25, 0.3) is 11.8 Å². The van der Waals surface area contributed by atoms with Gasteiger partial charge in [-0.15, -0.1) is 0 Å². The first-order valence-corrected chi connectivity index (χ1v) is 14.0. The number of hydrogen-bond acceptors (Lipinski definition) is 7. The van der Waals surface area contributed by atoms with Crippen LogP contribution in [0, 0.1) is 11.3 Å². The molecule has 0 unspecified atom stereocenters. The molecule has 5 bridgehead atoms. The molecule has 3 N–H and O–H groups in total. The van der Waals surface area contributed by atoms with Gasteiger partial charge in [0.15, 0.2) is 6.10 Å². The van der Waals surface area contributed by atoms with E-state index >= 15 is 0 Å². The Labute approximate surface area is 233 Å². The minimum absolute atomic E-state index is 0.0726. The largest absolute Gasteiger partial charge is 0.451 e. The average Bonchev–Trinajstić information content (AvgIpc) is 3.78. The van der Waals surface area contributed by atoms with Gasteiger partial charge in [-0.1, -0.05) is 30.4 Å². The van der Waals surface area contributed by atoms with E-state index < -0.39 is 35.5 Å². The van der Waals surface area contributed by atoms with Gasteiger partial charge >= 0.3 is 5.97 Å². The van der Waals surface area contributed by atoms with Gasteiger partial charge in [0, 0.05) is 17.8 Å². The number of ether oxygens (including phenoxy) is 1. The highest BCUT2D eigenvalue weighted by atomic mass is 16.6. The lowest BCUT2D eigenvalue weighted by molar-refractivity contribution is -0.164. The van der Waals surface area contributed by atoms with Crippen LogP contribution >= 0.6 is 0 Å². The first-order valence-electron chi connectivity index (χ1n) is 14.0. The van der Waals surface area contributed by atoms with Crippen molar-refractivity contribution < 1.29 is 23.9 Å². The number of pyridine rings is 1. The molecule has 10 nitrogen and oxygen atoms in total. The number of carbonyl (C=O) groups excluding carboxylic acids is 4. The van der Waals surface area contributed by atoms with Crippen LogP contribution < -0.4 is 16.1 Å². The molecule has 3 aliphatic rings. The third-order valence-corrected chi connectivity index (χ3v) is 7.80. The third kappa shape index (κ3) is 6.01. The van der Waals surface area contributed by atoms with Gasteiger partial charge < -0.3 is 15.4 Å². The van der Waals surface area contributed by atoms with E-state index in [-0.39, 0.29) is 23.8 Å². The molecule has 1 aliphatic carbocycles. The number of rotatable bonds is 1. The highest BCUT2D eigenvalue weighted by Crippen LogP contribution is 2.36. The second-order valence-electron chi connectivity index (χ2n) is 11.7. The zero-order valence-corrected chi connectivity index (χ0v) is 23.4. The van der Waals surface area contributed by atoms with Crippen molar-refractivity contribution in [3.8, 4) is 0 Å². The minimum atomic E-state index is -0.997. The number of nitrogens with one attached hydrogen (secondary N) is 3. The van der Waals surface area contributed by atoms with Crippen molar-refractivity contribution in [3.63, 3.8) is 0 Å². The molecule has 3 heterocycles. The molecule has 4 atom stereocenters. The van der Waals surface area contributed by atoms with E-state index in [1.807, 2.05) is 43.3 Å². The van der Waals surface area contributed by atoms with Crippen LogP contribution in [0.1, 0.15) is 70.7 Å². The van der Waals surface area contributed by atoms with E-state index in [4.69, 9.17) is 9.72 Å². The Kier molecular flexibility index (Phi) is 7.63. The van der Waals surface area contributed by atoms with E-state index in [0.717, 1.165) is 29.3 Å². The third-order valence-electron chi connectivity index (χ3n) is 7.80. The molecule has 212 valence electrons. The van der Waals surface area contributed by atoms with Crippen molar-refractivity contribution in [2.75, 3.05) is 6.54 Å². The Morgan fingerprint density at radius 3 is 2.42 bits per heavy atom. The maximum Gasteiger partial charge on any atom is 0.316 e. The van der Waals surface area contributed by atoms with Crippen molar-refractivity contribution >= 4 is 40.7 Å². The monoisotopic (exact) mass is 547 g/mol. The summed E-state index contributed by atoms with van der Waals surface area (Å²) in [6.45, 7) is 7.37. The predicted molar refractivity (Wildman–Crippen MR) is 149 cm³/mol. The highest BCUT2D eigenvalue weighted by Gasteiger charge is 2.42. The molecule has 0 radical (unpaired) electrons. The maximum absolute atomic E-state index is 13.2. The summed E-state index contributed by atoms with van der Waals surface area (Å²) in [4.78, 5) is 57.6. The zero-order chi connectivity index (χ0) is 28.6. The Balaban J connectivity index is 1.48. The van der Waals surface area contributed by atoms with Crippen molar-refractivity contribution in [1.29, 1.82) is 0 Å². The predicted octanol–water partition coefficient (Wildman–Crippen LogP) is 2.79. The number of nitrogens with zero attached hydrogens (tertiary/aromatic N) is 2. The van der Waals surface area contributed by atoms with Gasteiger partial charge in [-0.3, -0.25) is 29.2 Å². The zero-order valence-electron chi connectivity index (χ0n) is 23.4. The van der Waals surface area contributed by atoms with Gasteiger partial charge in [0.1, 0.15) is 12.1 Å². The van der Waals surface area contributed by atoms with Crippen molar-refractivity contribution in [1.82, 2.24) is 26.1 Å². The molecule has 1 aromatic heterocycles. The fourth-order valence-corrected chi connectivity index (χ4v) is 5.01. The summed E-state index contributed by atoms with van der Waals surface area (Å²) in [5, 5.41) is 8.10. The quantitative estimate of drug-likeness (QED) is 0.468. The normalized spacial score (nSPS) is 28.9. The molecule has 2 aromatic rings. The van der Waals surface area contributed by atoms with Gasteiger partial charge in [-0.25, -0.2) is 5.43 Å². The number of cyclic esters (lactones) is 1. The minimum Gasteiger partial charge on any atom is -0.451 e. The Bertz CT molecular complexity index is 1370. The molecule has 1 aromatic carbocycles. The molecule has 5 rings (SSSR count). The number of hydrazine groups is 1. The first kappa shape index (κ1) is 27.8. The van der Waals surface area contributed by atoms with Crippen LogP contribution in [0.4, 0.5) is 0 Å². The van der Waals surface area contributed by atoms with Gasteiger partial charge in [-0.2, -0.15) is 0 Å². The molecule has 2 fully saturated rings. The van der Waals surface area contributed by atoms with Crippen LogP contribution in [0.3, 0.4) is 0 Å². The van der Waals surface area contributed by atoms with Crippen LogP contribution in [0.15, 0.2) is 36.4 Å². The topological polar surface area (TPSA) is 130 Å². The molecule has 3 amide bonds. The summed E-state index contributed by atoms with van der Waals surface area (Å²) in [5.41, 5.74) is 4.37.